The second kappa shape index (κ2) is 4.06. The van der Waals surface area contributed by atoms with E-state index in [1.807, 2.05) is 11.9 Å². The summed E-state index contributed by atoms with van der Waals surface area (Å²) in [6.07, 6.45) is 1.03. The monoisotopic (exact) mass is 211 g/mol. The molecule has 76 valence electrons. The number of aromatic nitrogens is 1. The van der Waals surface area contributed by atoms with Gasteiger partial charge in [0.1, 0.15) is 5.69 Å². The van der Waals surface area contributed by atoms with Gasteiger partial charge in [-0.15, -0.1) is 11.3 Å². The van der Waals surface area contributed by atoms with Gasteiger partial charge >= 0.3 is 0 Å². The van der Waals surface area contributed by atoms with E-state index in [4.69, 9.17) is 0 Å². The van der Waals surface area contributed by atoms with E-state index in [-0.39, 0.29) is 5.91 Å². The molecule has 1 aromatic heterocycles. The van der Waals surface area contributed by atoms with Crippen LogP contribution in [-0.4, -0.2) is 42.0 Å². The van der Waals surface area contributed by atoms with Crippen molar-refractivity contribution in [2.45, 2.75) is 12.5 Å². The molecule has 4 nitrogen and oxygen atoms in total. The first-order chi connectivity index (χ1) is 6.81. The van der Waals surface area contributed by atoms with Crippen LogP contribution in [0.25, 0.3) is 0 Å². The third-order valence-corrected chi connectivity index (χ3v) is 3.12. The van der Waals surface area contributed by atoms with Gasteiger partial charge in [-0.2, -0.15) is 0 Å². The van der Waals surface area contributed by atoms with E-state index in [0.717, 1.165) is 19.5 Å². The van der Waals surface area contributed by atoms with Crippen molar-refractivity contribution in [3.05, 3.63) is 16.6 Å². The fourth-order valence-corrected chi connectivity index (χ4v) is 2.19. The van der Waals surface area contributed by atoms with Crippen LogP contribution in [-0.2, 0) is 0 Å². The first-order valence-electron chi connectivity index (χ1n) is 4.66. The number of rotatable bonds is 2. The highest BCUT2D eigenvalue weighted by atomic mass is 32.1. The normalized spacial score (nSPS) is 21.5. The second-order valence-corrected chi connectivity index (χ2v) is 4.12. The van der Waals surface area contributed by atoms with Gasteiger partial charge in [-0.25, -0.2) is 4.98 Å². The van der Waals surface area contributed by atoms with E-state index in [0.29, 0.717) is 11.7 Å². The molecule has 5 heteroatoms. The lowest BCUT2D eigenvalue weighted by Gasteiger charge is -2.14. The summed E-state index contributed by atoms with van der Waals surface area (Å²) >= 11 is 1.46. The summed E-state index contributed by atoms with van der Waals surface area (Å²) in [4.78, 5) is 17.7. The highest BCUT2D eigenvalue weighted by Gasteiger charge is 2.26. The zero-order chi connectivity index (χ0) is 9.97. The largest absolute Gasteiger partial charge is 0.336 e. The third-order valence-electron chi connectivity index (χ3n) is 2.54. The van der Waals surface area contributed by atoms with Crippen molar-refractivity contribution >= 4 is 17.2 Å². The molecule has 1 aromatic rings. The van der Waals surface area contributed by atoms with Gasteiger partial charge in [-0.1, -0.05) is 0 Å². The molecule has 0 aliphatic carbocycles. The molecule has 0 radical (unpaired) electrons. The first kappa shape index (κ1) is 9.61. The predicted molar refractivity (Wildman–Crippen MR) is 55.5 cm³/mol. The number of nitrogens with zero attached hydrogens (tertiary/aromatic N) is 2. The van der Waals surface area contributed by atoms with Crippen molar-refractivity contribution < 1.29 is 4.79 Å². The number of nitrogens with one attached hydrogen (secondary N) is 1. The second-order valence-electron chi connectivity index (χ2n) is 3.40. The van der Waals surface area contributed by atoms with Gasteiger partial charge in [0.25, 0.3) is 5.91 Å². The maximum absolute atomic E-state index is 11.8. The zero-order valence-electron chi connectivity index (χ0n) is 8.06. The van der Waals surface area contributed by atoms with Gasteiger partial charge in [-0.3, -0.25) is 4.79 Å². The molecule has 0 saturated carbocycles. The minimum atomic E-state index is 0.0593. The molecule has 0 bridgehead atoms. The van der Waals surface area contributed by atoms with E-state index < -0.39 is 0 Å². The van der Waals surface area contributed by atoms with E-state index in [1.54, 1.807) is 10.9 Å². The van der Waals surface area contributed by atoms with E-state index in [9.17, 15) is 4.79 Å². The third kappa shape index (κ3) is 1.78. The molecule has 1 unspecified atom stereocenters. The fourth-order valence-electron chi connectivity index (χ4n) is 1.66. The van der Waals surface area contributed by atoms with Gasteiger partial charge in [-0.05, 0) is 13.5 Å². The molecule has 1 aliphatic rings. The Morgan fingerprint density at radius 2 is 2.64 bits per heavy atom. The summed E-state index contributed by atoms with van der Waals surface area (Å²) in [5.74, 6) is 0.0593. The van der Waals surface area contributed by atoms with Crippen molar-refractivity contribution in [1.82, 2.24) is 15.2 Å². The number of likely N-dealkylation sites (N-methyl/N-ethyl adjacent to an activating group) is 1. The number of likely N-dealkylation sites (tertiary alicyclic amines) is 1. The smallest absolute Gasteiger partial charge is 0.273 e. The van der Waals surface area contributed by atoms with Gasteiger partial charge in [0.2, 0.25) is 0 Å². The molecule has 1 amide bonds. The molecule has 1 aliphatic heterocycles. The van der Waals surface area contributed by atoms with Crippen LogP contribution in [0.3, 0.4) is 0 Å². The average Bonchev–Trinajstić information content (AvgIpc) is 2.88. The summed E-state index contributed by atoms with van der Waals surface area (Å²) < 4.78 is 0. The molecule has 1 atom stereocenters. The highest BCUT2D eigenvalue weighted by molar-refractivity contribution is 7.07. The minimum Gasteiger partial charge on any atom is -0.336 e. The maximum Gasteiger partial charge on any atom is 0.273 e. The number of hydrogen-bond acceptors (Lipinski definition) is 4. The van der Waals surface area contributed by atoms with Crippen LogP contribution in [0.2, 0.25) is 0 Å². The fraction of sp³-hybridized carbons (Fsp3) is 0.556. The summed E-state index contributed by atoms with van der Waals surface area (Å²) in [7, 11) is 1.93. The highest BCUT2D eigenvalue weighted by Crippen LogP contribution is 2.13. The molecular weight excluding hydrogens is 198 g/mol. The molecule has 1 saturated heterocycles. The maximum atomic E-state index is 11.8. The minimum absolute atomic E-state index is 0.0593. The Bertz CT molecular complexity index is 312. The summed E-state index contributed by atoms with van der Waals surface area (Å²) in [5.41, 5.74) is 2.27. The Kier molecular flexibility index (Phi) is 2.79. The van der Waals surface area contributed by atoms with Crippen LogP contribution in [0, 0.1) is 0 Å². The Labute approximate surface area is 86.9 Å². The van der Waals surface area contributed by atoms with E-state index >= 15 is 0 Å². The number of thiazole rings is 1. The lowest BCUT2D eigenvalue weighted by atomic mass is 10.3. The van der Waals surface area contributed by atoms with Crippen LogP contribution in [0.1, 0.15) is 16.9 Å². The van der Waals surface area contributed by atoms with Crippen molar-refractivity contribution in [3.63, 3.8) is 0 Å². The Hall–Kier alpha value is -0.940. The lowest BCUT2D eigenvalue weighted by Crippen LogP contribution is -2.33. The van der Waals surface area contributed by atoms with Crippen molar-refractivity contribution in [2.75, 3.05) is 20.1 Å². The van der Waals surface area contributed by atoms with Crippen molar-refractivity contribution in [1.29, 1.82) is 0 Å². The molecule has 14 heavy (non-hydrogen) atoms. The van der Waals surface area contributed by atoms with E-state index in [1.165, 1.54) is 11.3 Å². The molecule has 1 N–H and O–H groups in total. The Morgan fingerprint density at radius 3 is 3.21 bits per heavy atom. The van der Waals surface area contributed by atoms with Crippen LogP contribution >= 0.6 is 11.3 Å². The number of carbonyl (C=O) groups is 1. The van der Waals surface area contributed by atoms with Gasteiger partial charge in [0.05, 0.1) is 5.51 Å². The molecule has 0 spiro atoms. The molecule has 1 fully saturated rings. The number of hydrogen-bond donors (Lipinski definition) is 1. The van der Waals surface area contributed by atoms with Crippen LogP contribution in [0.15, 0.2) is 10.9 Å². The standard InChI is InChI=1S/C9H13N3OS/c1-10-7-2-3-12(4-7)9(13)8-5-14-6-11-8/h5-7,10H,2-4H2,1H3. The first-order valence-corrected chi connectivity index (χ1v) is 5.60. The van der Waals surface area contributed by atoms with Crippen LogP contribution in [0.5, 0.6) is 0 Å². The Balaban J connectivity index is 2.00. The molecule has 0 aromatic carbocycles. The summed E-state index contributed by atoms with van der Waals surface area (Å²) in [6, 6.07) is 0.442. The van der Waals surface area contributed by atoms with E-state index in [2.05, 4.69) is 10.3 Å². The zero-order valence-corrected chi connectivity index (χ0v) is 8.88. The SMILES string of the molecule is CNC1CCN(C(=O)c2cscn2)C1. The van der Waals surface area contributed by atoms with Gasteiger partial charge < -0.3 is 10.2 Å². The van der Waals surface area contributed by atoms with Gasteiger partial charge in [0.15, 0.2) is 0 Å². The lowest BCUT2D eigenvalue weighted by molar-refractivity contribution is 0.0785. The van der Waals surface area contributed by atoms with Crippen molar-refractivity contribution in [2.24, 2.45) is 0 Å². The average molecular weight is 211 g/mol. The van der Waals surface area contributed by atoms with Crippen LogP contribution in [0.4, 0.5) is 0 Å². The molecule has 2 heterocycles. The number of amides is 1. The van der Waals surface area contributed by atoms with Gasteiger partial charge in [0, 0.05) is 24.5 Å². The number of carbonyl (C=O) groups excluding carboxylic acids is 1. The van der Waals surface area contributed by atoms with Crippen molar-refractivity contribution in [3.8, 4) is 0 Å². The summed E-state index contributed by atoms with van der Waals surface area (Å²) in [5, 5.41) is 4.98. The molecular formula is C9H13N3OS. The summed E-state index contributed by atoms with van der Waals surface area (Å²) in [6.45, 7) is 1.63. The predicted octanol–water partition coefficient (Wildman–Crippen LogP) is 0.577. The molecule has 2 rings (SSSR count). The Morgan fingerprint density at radius 1 is 1.79 bits per heavy atom. The topological polar surface area (TPSA) is 45.2 Å². The quantitative estimate of drug-likeness (QED) is 0.778. The van der Waals surface area contributed by atoms with Crippen LogP contribution < -0.4 is 5.32 Å².